The van der Waals surface area contributed by atoms with Crippen LogP contribution in [0.2, 0.25) is 0 Å². The molecule has 0 saturated carbocycles. The van der Waals surface area contributed by atoms with Gasteiger partial charge < -0.3 is 149 Å². The van der Waals surface area contributed by atoms with E-state index in [2.05, 4.69) is 95.0 Å². The molecule has 34 N–H and O–H groups in total. The predicted molar refractivity (Wildman–Crippen MR) is 464 cm³/mol. The second kappa shape index (κ2) is 53.0. The number of para-hydroxylation sites is 2. The Bertz CT molecular complexity index is 4930. The molecule has 13 atom stereocenters. The van der Waals surface area contributed by atoms with Crippen LogP contribution in [0.15, 0.2) is 85.2 Å². The molecule has 712 valence electrons. The number of hydrogen-bond acceptors (Lipinski definition) is 25. The molecule has 131 heavy (non-hydrogen) atoms. The molecule has 1 aliphatic heterocycles. The van der Waals surface area contributed by atoms with Crippen LogP contribution in [0, 0.1) is 5.41 Å². The molecule has 1 fully saturated rings. The summed E-state index contributed by atoms with van der Waals surface area (Å²) < 4.78 is 5.27. The van der Waals surface area contributed by atoms with Gasteiger partial charge in [0.15, 0.2) is 5.96 Å². The van der Waals surface area contributed by atoms with Crippen LogP contribution in [0.4, 0.5) is 0 Å². The second-order valence-electron chi connectivity index (χ2n) is 30.9. The van der Waals surface area contributed by atoms with Gasteiger partial charge in [-0.2, -0.15) is 0 Å². The topological polar surface area (TPSA) is 815 Å². The number of benzene rings is 3. The van der Waals surface area contributed by atoms with Crippen molar-refractivity contribution < 1.29 is 116 Å². The minimum atomic E-state index is -1.98. The lowest BCUT2D eigenvalue weighted by Crippen LogP contribution is -2.62. The van der Waals surface area contributed by atoms with E-state index in [4.69, 9.17) is 44.5 Å². The standard InChI is InChI=1S/C82H115N25O24/c1-41(108)69-81(130)106-59(34-45-38-94-50-13-6-4-11-48(45)50)79(128)100-53(20-23-62(84)111)73(122)102-56(26-29-90-65(114)36-61(96-42(2)109)80(129)101-54(76(125)107-69)21-24-63(85)112)75(124)103-57(32-43-16-18-46(110)19-17-43)77(126)104-58(33-44-37-93-49-12-5-3-10-47(44)49)78(127)98-52(15-9-28-92-82(88)89)72(121)99-55(22-25-68(117)118)74(123)105-60(35-64(86)113)71(120)95-39-66(115)91-30-31-131-40-67(116)97-51(70(87)119)14-7-8-27-83/h3-6,10-13,16-19,37-38,41,51-61,69,93-94,108,110H,7-9,14-15,20-36,39-40,83H2,1-2H3,(H2,84,111)(H2,85,112)(H2,86,113)(H2,87,119)(H,90,114)(H,91,115)(H,95,120)(H,96,109)(H,97,116)(H,98,127)(H,99,121)(H,100,128)(H,101,129)(H,102,122)(H,103,124)(H,104,126)(H,105,123)(H,106,130)(H,107,125)(H,117,118)(H4,88,89,92)/t41-,51-,52+,53+,54+,55+,56+,57+,58+,59+,60+,61+,69+/m1/s1. The van der Waals surface area contributed by atoms with Crippen molar-refractivity contribution in [2.24, 2.45) is 34.4 Å². The van der Waals surface area contributed by atoms with Gasteiger partial charge in [0.1, 0.15) is 84.9 Å². The van der Waals surface area contributed by atoms with E-state index in [1.807, 2.05) is 0 Å². The quantitative estimate of drug-likeness (QED) is 0.00977. The lowest BCUT2D eigenvalue weighted by Gasteiger charge is -2.29. The van der Waals surface area contributed by atoms with Gasteiger partial charge in [0.2, 0.25) is 112 Å². The van der Waals surface area contributed by atoms with Crippen molar-refractivity contribution >= 4 is 146 Å². The molecule has 0 radical (unpaired) electrons. The molecule has 19 amide bonds. The van der Waals surface area contributed by atoms with Crippen LogP contribution in [-0.4, -0.2) is 274 Å². The molecule has 1 saturated heterocycles. The number of carboxylic acids is 1. The number of primary amides is 4. The molecule has 3 heterocycles. The zero-order chi connectivity index (χ0) is 96.6. The third-order valence-electron chi connectivity index (χ3n) is 20.4. The van der Waals surface area contributed by atoms with Crippen LogP contribution in [0.5, 0.6) is 5.75 Å². The third kappa shape index (κ3) is 36.4. The number of fused-ring (bicyclic) bond motifs is 2. The lowest BCUT2D eigenvalue weighted by atomic mass is 10.0. The fourth-order valence-corrected chi connectivity index (χ4v) is 13.6. The Morgan fingerprint density at radius 2 is 1.08 bits per heavy atom. The van der Waals surface area contributed by atoms with Crippen molar-refractivity contribution in [1.29, 1.82) is 5.41 Å². The van der Waals surface area contributed by atoms with Gasteiger partial charge in [-0.15, -0.1) is 0 Å². The maximum Gasteiger partial charge on any atom is 0.303 e. The predicted octanol–water partition coefficient (Wildman–Crippen LogP) is -9.09. The van der Waals surface area contributed by atoms with Crippen LogP contribution in [0.25, 0.3) is 21.8 Å². The molecular weight excluding hydrogens is 1720 g/mol. The number of ether oxygens (including phenoxy) is 1. The zero-order valence-electron chi connectivity index (χ0n) is 71.9. The van der Waals surface area contributed by atoms with E-state index in [0.29, 0.717) is 52.3 Å². The molecule has 2 aromatic heterocycles. The van der Waals surface area contributed by atoms with Crippen LogP contribution in [0.1, 0.15) is 120 Å². The summed E-state index contributed by atoms with van der Waals surface area (Å²) in [5.41, 5.74) is 35.0. The number of carbonyl (C=O) groups is 20. The highest BCUT2D eigenvalue weighted by Gasteiger charge is 2.40. The van der Waals surface area contributed by atoms with Crippen molar-refractivity contribution in [2.75, 3.05) is 45.9 Å². The summed E-state index contributed by atoms with van der Waals surface area (Å²) in [6.07, 6.45) is -5.91. The van der Waals surface area contributed by atoms with Gasteiger partial charge in [0.05, 0.1) is 32.1 Å². The lowest BCUT2D eigenvalue weighted by molar-refractivity contribution is -0.139. The first kappa shape index (κ1) is 105. The van der Waals surface area contributed by atoms with Crippen molar-refractivity contribution in [2.45, 2.75) is 202 Å². The highest BCUT2D eigenvalue weighted by molar-refractivity contribution is 6.02. The number of aliphatic hydroxyl groups is 1. The van der Waals surface area contributed by atoms with Gasteiger partial charge >= 0.3 is 5.97 Å². The SMILES string of the molecule is CC(=O)N[C@H]1CC(=O)NCC[C@@H](C(=O)N[C@@H](Cc2ccc(O)cc2)C(=O)N[C@@H](Cc2c[nH]c3ccccc23)C(=O)N[C@@H](CCCNC(=N)N)C(=O)N[C@@H](CCC(=O)O)C(=O)N[C@@H](CC(N)=O)C(=O)NCC(=O)NCCOCC(=O)N[C@H](CCCCN)C(N)=O)NC(=O)[C@H](CCC(N)=O)NC(=O)[C@H](Cc2c[nH]c3ccccc23)NC(=O)[C@H]([C@@H](C)O)NC(=O)[C@H](CCC(N)=O)NC1=O. The Kier molecular flexibility index (Phi) is 42.4. The summed E-state index contributed by atoms with van der Waals surface area (Å²) in [6.45, 7) is -0.153. The van der Waals surface area contributed by atoms with E-state index in [-0.39, 0.29) is 43.9 Å². The molecule has 3 aromatic carbocycles. The molecular formula is C82H115N25O24. The number of carbonyl (C=O) groups excluding carboxylic acids is 19. The van der Waals surface area contributed by atoms with Gasteiger partial charge in [-0.05, 0) is 112 Å². The highest BCUT2D eigenvalue weighted by Crippen LogP contribution is 2.23. The summed E-state index contributed by atoms with van der Waals surface area (Å²) in [7, 11) is 0. The molecule has 1 aliphatic rings. The first-order valence-electron chi connectivity index (χ1n) is 41.9. The summed E-state index contributed by atoms with van der Waals surface area (Å²) in [5.74, 6) is -23.1. The number of phenolic OH excluding ortho intramolecular Hbond substituents is 1. The van der Waals surface area contributed by atoms with Crippen LogP contribution in [0.3, 0.4) is 0 Å². The Balaban J connectivity index is 1.36. The van der Waals surface area contributed by atoms with Gasteiger partial charge in [-0.1, -0.05) is 48.5 Å². The average Bonchev–Trinajstić information content (AvgIpc) is 1.74. The maximum absolute atomic E-state index is 15.6. The summed E-state index contributed by atoms with van der Waals surface area (Å²) in [4.78, 5) is 282. The first-order chi connectivity index (χ1) is 62.2. The van der Waals surface area contributed by atoms with Crippen LogP contribution < -0.4 is 119 Å². The fraction of sp³-hybridized carbons (Fsp3) is 0.476. The number of hydrogen-bond donors (Lipinski definition) is 28. The number of aromatic amines is 2. The molecule has 0 bridgehead atoms. The zero-order valence-corrected chi connectivity index (χ0v) is 71.9. The Hall–Kier alpha value is -14.9. The summed E-state index contributed by atoms with van der Waals surface area (Å²) in [6, 6.07) is -3.00. The maximum atomic E-state index is 15.6. The summed E-state index contributed by atoms with van der Waals surface area (Å²) in [5, 5.41) is 79.1. The molecule has 49 nitrogen and oxygen atoms in total. The van der Waals surface area contributed by atoms with Crippen molar-refractivity contribution in [3.63, 3.8) is 0 Å². The minimum absolute atomic E-state index is 0.121. The number of rotatable bonds is 47. The van der Waals surface area contributed by atoms with Crippen molar-refractivity contribution in [3.05, 3.63) is 102 Å². The van der Waals surface area contributed by atoms with Gasteiger partial charge in [0, 0.05) is 99.3 Å². The van der Waals surface area contributed by atoms with E-state index in [0.717, 1.165) is 13.8 Å². The van der Waals surface area contributed by atoms with E-state index in [1.54, 1.807) is 48.5 Å². The normalized spacial score (nSPS) is 18.0. The highest BCUT2D eigenvalue weighted by atomic mass is 16.5. The van der Waals surface area contributed by atoms with Crippen LogP contribution >= 0.6 is 0 Å². The number of amides is 19. The number of phenols is 1. The number of aromatic nitrogens is 2. The molecule has 0 unspecified atom stereocenters. The Morgan fingerprint density at radius 3 is 1.66 bits per heavy atom. The Labute approximate surface area is 748 Å². The number of aliphatic hydroxyl groups excluding tert-OH is 1. The van der Waals surface area contributed by atoms with Gasteiger partial charge in [-0.3, -0.25) is 101 Å². The monoisotopic (exact) mass is 1830 g/mol. The number of aromatic hydroxyl groups is 1. The van der Waals surface area contributed by atoms with Crippen molar-refractivity contribution in [3.8, 4) is 5.75 Å². The smallest absolute Gasteiger partial charge is 0.303 e. The first-order valence-corrected chi connectivity index (χ1v) is 41.9. The van der Waals surface area contributed by atoms with Gasteiger partial charge in [-0.25, -0.2) is 0 Å². The molecule has 0 aliphatic carbocycles. The number of nitrogens with one attached hydrogen (secondary N) is 19. The number of carboxylic acid groups (broad SMARTS) is 1. The average molecular weight is 1830 g/mol. The number of H-pyrrole nitrogens is 2. The molecule has 49 heteroatoms. The van der Waals surface area contributed by atoms with E-state index in [9.17, 15) is 87.2 Å². The molecule has 0 spiro atoms. The molecule has 5 aromatic rings. The Morgan fingerprint density at radius 1 is 0.542 bits per heavy atom. The second-order valence-corrected chi connectivity index (χ2v) is 30.9. The largest absolute Gasteiger partial charge is 0.508 e. The number of unbranched alkanes of at least 4 members (excludes halogenated alkanes) is 1. The fourth-order valence-electron chi connectivity index (χ4n) is 13.6. The van der Waals surface area contributed by atoms with E-state index < -0.39 is 306 Å². The minimum Gasteiger partial charge on any atom is -0.508 e. The third-order valence-corrected chi connectivity index (χ3v) is 20.4. The number of aliphatic carboxylic acids is 1. The van der Waals surface area contributed by atoms with E-state index in [1.165, 1.54) is 36.7 Å². The van der Waals surface area contributed by atoms with E-state index >= 15 is 24.0 Å². The van der Waals surface area contributed by atoms with Crippen LogP contribution in [-0.2, 0) is 120 Å². The number of guanidine groups is 1. The molecule has 6 rings (SSSR count). The summed E-state index contributed by atoms with van der Waals surface area (Å²) >= 11 is 0. The van der Waals surface area contributed by atoms with Crippen molar-refractivity contribution in [1.82, 2.24) is 95.0 Å². The number of nitrogens with two attached hydrogens (primary N) is 6. The van der Waals surface area contributed by atoms with Gasteiger partial charge in [0.25, 0.3) is 0 Å².